The Balaban J connectivity index is 1.73. The zero-order valence-corrected chi connectivity index (χ0v) is 10.1. The van der Waals surface area contributed by atoms with E-state index in [0.717, 1.165) is 30.6 Å². The van der Waals surface area contributed by atoms with Crippen LogP contribution in [0.3, 0.4) is 0 Å². The Morgan fingerprint density at radius 2 is 1.88 bits per heavy atom. The molecule has 0 radical (unpaired) electrons. The van der Waals surface area contributed by atoms with Crippen molar-refractivity contribution in [2.45, 2.75) is 37.1 Å². The predicted octanol–water partition coefficient (Wildman–Crippen LogP) is 2.68. The van der Waals surface area contributed by atoms with Crippen LogP contribution >= 0.6 is 0 Å². The molecule has 0 aromatic heterocycles. The Bertz CT molecular complexity index is 446. The van der Waals surface area contributed by atoms with Gasteiger partial charge in [0.2, 0.25) is 0 Å². The molecule has 2 N–H and O–H groups in total. The van der Waals surface area contributed by atoms with E-state index in [1.807, 2.05) is 0 Å². The highest BCUT2D eigenvalue weighted by atomic mass is 16.5. The molecule has 2 aliphatic carbocycles. The van der Waals surface area contributed by atoms with E-state index in [0.29, 0.717) is 5.92 Å². The largest absolute Gasteiger partial charge is 0.493 e. The van der Waals surface area contributed by atoms with Crippen molar-refractivity contribution in [1.82, 2.24) is 0 Å². The van der Waals surface area contributed by atoms with Gasteiger partial charge in [0.05, 0.1) is 6.61 Å². The number of benzene rings is 1. The Kier molecular flexibility index (Phi) is 1.91. The number of ether oxygens (including phenoxy) is 1. The van der Waals surface area contributed by atoms with Gasteiger partial charge in [-0.3, -0.25) is 0 Å². The molecule has 1 aromatic rings. The molecule has 0 saturated heterocycles. The summed E-state index contributed by atoms with van der Waals surface area (Å²) in [6, 6.07) is 8.46. The van der Waals surface area contributed by atoms with Gasteiger partial charge in [-0.2, -0.15) is 0 Å². The second kappa shape index (κ2) is 3.26. The maximum absolute atomic E-state index is 6.73. The van der Waals surface area contributed by atoms with Gasteiger partial charge in [0.1, 0.15) is 5.75 Å². The number of hydrogen-bond acceptors (Lipinski definition) is 2. The van der Waals surface area contributed by atoms with Crippen molar-refractivity contribution < 1.29 is 4.74 Å². The summed E-state index contributed by atoms with van der Waals surface area (Å²) in [4.78, 5) is 0. The van der Waals surface area contributed by atoms with Crippen molar-refractivity contribution in [2.75, 3.05) is 6.61 Å². The third-order valence-electron chi connectivity index (χ3n) is 5.25. The van der Waals surface area contributed by atoms with E-state index in [9.17, 15) is 0 Å². The van der Waals surface area contributed by atoms with Gasteiger partial charge < -0.3 is 10.5 Å². The van der Waals surface area contributed by atoms with Crippen molar-refractivity contribution in [3.63, 3.8) is 0 Å². The second-order valence-corrected chi connectivity index (χ2v) is 5.87. The van der Waals surface area contributed by atoms with Crippen LogP contribution in [-0.2, 0) is 0 Å². The highest BCUT2D eigenvalue weighted by Gasteiger charge is 2.67. The minimum atomic E-state index is 0.0954. The van der Waals surface area contributed by atoms with Crippen molar-refractivity contribution in [2.24, 2.45) is 17.6 Å². The van der Waals surface area contributed by atoms with E-state index in [1.54, 1.807) is 0 Å². The molecule has 0 bridgehead atoms. The van der Waals surface area contributed by atoms with Gasteiger partial charge in [-0.1, -0.05) is 24.6 Å². The van der Waals surface area contributed by atoms with Crippen LogP contribution in [0.2, 0.25) is 0 Å². The van der Waals surface area contributed by atoms with Crippen molar-refractivity contribution in [1.29, 1.82) is 0 Å². The van der Waals surface area contributed by atoms with Gasteiger partial charge >= 0.3 is 0 Å². The van der Waals surface area contributed by atoms with E-state index in [-0.39, 0.29) is 5.54 Å². The van der Waals surface area contributed by atoms with E-state index in [2.05, 4.69) is 24.3 Å². The quantitative estimate of drug-likeness (QED) is 0.803. The van der Waals surface area contributed by atoms with E-state index in [1.165, 1.54) is 24.8 Å². The van der Waals surface area contributed by atoms with Gasteiger partial charge in [0.15, 0.2) is 0 Å². The highest BCUT2D eigenvalue weighted by Crippen LogP contribution is 2.66. The first-order chi connectivity index (χ1) is 8.32. The first-order valence-electron chi connectivity index (χ1n) is 6.82. The van der Waals surface area contributed by atoms with E-state index in [4.69, 9.17) is 10.5 Å². The molecule has 2 saturated carbocycles. The lowest BCUT2D eigenvalue weighted by atomic mass is 9.81. The van der Waals surface area contributed by atoms with Crippen molar-refractivity contribution >= 4 is 0 Å². The number of nitrogens with two attached hydrogens (primary N) is 1. The summed E-state index contributed by atoms with van der Waals surface area (Å²) in [5.41, 5.74) is 8.18. The molecule has 1 aromatic carbocycles. The summed E-state index contributed by atoms with van der Waals surface area (Å²) in [5, 5.41) is 0. The minimum Gasteiger partial charge on any atom is -0.493 e. The SMILES string of the molecule is NC1(C2CCOc3ccccc32)C2CCCC21. The summed E-state index contributed by atoms with van der Waals surface area (Å²) in [7, 11) is 0. The fourth-order valence-electron chi connectivity index (χ4n) is 4.43. The first-order valence-corrected chi connectivity index (χ1v) is 6.82. The van der Waals surface area contributed by atoms with Crippen LogP contribution in [-0.4, -0.2) is 12.1 Å². The molecule has 2 heteroatoms. The lowest BCUT2D eigenvalue weighted by molar-refractivity contribution is 0.239. The van der Waals surface area contributed by atoms with Gasteiger partial charge in [-0.15, -0.1) is 0 Å². The smallest absolute Gasteiger partial charge is 0.122 e. The molecule has 3 unspecified atom stereocenters. The molecular weight excluding hydrogens is 210 g/mol. The average molecular weight is 229 g/mol. The maximum Gasteiger partial charge on any atom is 0.122 e. The molecule has 0 spiro atoms. The van der Waals surface area contributed by atoms with E-state index < -0.39 is 0 Å². The number of para-hydroxylation sites is 1. The molecule has 17 heavy (non-hydrogen) atoms. The standard InChI is InChI=1S/C15H19NO/c16-15(12-5-3-6-13(12)15)11-8-9-17-14-7-2-1-4-10(11)14/h1-2,4,7,11-13H,3,5-6,8-9,16H2. The van der Waals surface area contributed by atoms with Crippen LogP contribution in [0.5, 0.6) is 5.75 Å². The molecule has 2 nitrogen and oxygen atoms in total. The third-order valence-corrected chi connectivity index (χ3v) is 5.25. The lowest BCUT2D eigenvalue weighted by Crippen LogP contribution is -2.38. The van der Waals surface area contributed by atoms with Crippen LogP contribution < -0.4 is 10.5 Å². The maximum atomic E-state index is 6.73. The molecule has 4 rings (SSSR count). The number of fused-ring (bicyclic) bond motifs is 2. The molecule has 2 fully saturated rings. The number of rotatable bonds is 1. The third kappa shape index (κ3) is 1.19. The summed E-state index contributed by atoms with van der Waals surface area (Å²) in [6.45, 7) is 0.833. The van der Waals surface area contributed by atoms with E-state index >= 15 is 0 Å². The second-order valence-electron chi connectivity index (χ2n) is 5.87. The van der Waals surface area contributed by atoms with Gasteiger partial charge in [-0.05, 0) is 42.7 Å². The zero-order chi connectivity index (χ0) is 11.5. The monoisotopic (exact) mass is 229 g/mol. The average Bonchev–Trinajstić information content (AvgIpc) is 2.79. The normalized spacial score (nSPS) is 42.5. The molecule has 3 atom stereocenters. The number of hydrogen-bond donors (Lipinski definition) is 1. The predicted molar refractivity (Wildman–Crippen MR) is 67.0 cm³/mol. The molecule has 1 heterocycles. The van der Waals surface area contributed by atoms with Crippen LogP contribution in [0, 0.1) is 11.8 Å². The topological polar surface area (TPSA) is 35.2 Å². The Labute approximate surface area is 102 Å². The Hall–Kier alpha value is -1.02. The van der Waals surface area contributed by atoms with Crippen LogP contribution in [0.1, 0.15) is 37.2 Å². The fourth-order valence-corrected chi connectivity index (χ4v) is 4.43. The minimum absolute atomic E-state index is 0.0954. The molecule has 1 aliphatic heterocycles. The van der Waals surface area contributed by atoms with Crippen molar-refractivity contribution in [3.8, 4) is 5.75 Å². The molecule has 3 aliphatic rings. The first kappa shape index (κ1) is 9.95. The van der Waals surface area contributed by atoms with Crippen molar-refractivity contribution in [3.05, 3.63) is 29.8 Å². The lowest BCUT2D eigenvalue weighted by Gasteiger charge is -2.32. The highest BCUT2D eigenvalue weighted by molar-refractivity contribution is 5.43. The summed E-state index contributed by atoms with van der Waals surface area (Å²) >= 11 is 0. The Morgan fingerprint density at radius 1 is 1.12 bits per heavy atom. The molecular formula is C15H19NO. The van der Waals surface area contributed by atoms with Gasteiger partial charge in [-0.25, -0.2) is 0 Å². The molecule has 90 valence electrons. The summed E-state index contributed by atoms with van der Waals surface area (Å²) < 4.78 is 5.74. The van der Waals surface area contributed by atoms with Crippen LogP contribution in [0.25, 0.3) is 0 Å². The van der Waals surface area contributed by atoms with Gasteiger partial charge in [0, 0.05) is 11.5 Å². The van der Waals surface area contributed by atoms with Gasteiger partial charge in [0.25, 0.3) is 0 Å². The summed E-state index contributed by atoms with van der Waals surface area (Å²) in [6.07, 6.45) is 5.18. The molecule has 0 amide bonds. The Morgan fingerprint density at radius 3 is 2.71 bits per heavy atom. The van der Waals surface area contributed by atoms with Crippen LogP contribution in [0.4, 0.5) is 0 Å². The zero-order valence-electron chi connectivity index (χ0n) is 10.1. The fraction of sp³-hybridized carbons (Fsp3) is 0.600. The summed E-state index contributed by atoms with van der Waals surface area (Å²) in [5.74, 6) is 3.18. The van der Waals surface area contributed by atoms with Crippen LogP contribution in [0.15, 0.2) is 24.3 Å².